The summed E-state index contributed by atoms with van der Waals surface area (Å²) in [4.78, 5) is 11.6. The first-order valence-corrected chi connectivity index (χ1v) is 7.17. The highest BCUT2D eigenvalue weighted by Gasteiger charge is 2.06. The summed E-state index contributed by atoms with van der Waals surface area (Å²) in [5.74, 6) is -0.0336. The van der Waals surface area contributed by atoms with Gasteiger partial charge in [0.05, 0.1) is 12.2 Å². The quantitative estimate of drug-likeness (QED) is 0.716. The fourth-order valence-electron chi connectivity index (χ4n) is 1.34. The van der Waals surface area contributed by atoms with Crippen molar-refractivity contribution in [1.29, 1.82) is 0 Å². The van der Waals surface area contributed by atoms with Crippen LogP contribution < -0.4 is 10.6 Å². The number of carbonyl (C=O) groups is 1. The van der Waals surface area contributed by atoms with Crippen LogP contribution in [-0.4, -0.2) is 32.7 Å². The summed E-state index contributed by atoms with van der Waals surface area (Å²) < 4.78 is 6.75. The Labute approximate surface area is 124 Å². The maximum absolute atomic E-state index is 11.6. The number of ether oxygens (including phenoxy) is 1. The molecule has 0 heterocycles. The van der Waals surface area contributed by atoms with Gasteiger partial charge in [0.15, 0.2) is 0 Å². The Morgan fingerprint density at radius 3 is 2.61 bits per heavy atom. The number of benzene rings is 1. The van der Waals surface area contributed by atoms with Gasteiger partial charge in [-0.1, -0.05) is 6.07 Å². The van der Waals surface area contributed by atoms with E-state index in [0.717, 1.165) is 21.1 Å². The van der Waals surface area contributed by atoms with Crippen molar-refractivity contribution in [2.75, 3.05) is 32.1 Å². The van der Waals surface area contributed by atoms with Gasteiger partial charge in [-0.25, -0.2) is 0 Å². The fraction of sp³-hybridized carbons (Fsp3) is 0.417. The average molecular weight is 380 g/mol. The van der Waals surface area contributed by atoms with Crippen molar-refractivity contribution in [2.45, 2.75) is 6.42 Å². The highest BCUT2D eigenvalue weighted by Crippen LogP contribution is 2.30. The van der Waals surface area contributed by atoms with Crippen LogP contribution in [0.15, 0.2) is 27.1 Å². The van der Waals surface area contributed by atoms with E-state index >= 15 is 0 Å². The topological polar surface area (TPSA) is 50.4 Å². The number of hydrogen-bond donors (Lipinski definition) is 2. The number of halogens is 2. The minimum atomic E-state index is -0.0336. The summed E-state index contributed by atoms with van der Waals surface area (Å²) in [6.07, 6.45) is 0.820. The predicted molar refractivity (Wildman–Crippen MR) is 79.8 cm³/mol. The summed E-state index contributed by atoms with van der Waals surface area (Å²) in [5, 5.41) is 5.90. The van der Waals surface area contributed by atoms with Gasteiger partial charge in [-0.2, -0.15) is 0 Å². The van der Waals surface area contributed by atoms with Crippen molar-refractivity contribution >= 4 is 43.5 Å². The molecule has 2 N–H and O–H groups in total. The molecule has 6 heteroatoms. The Morgan fingerprint density at radius 2 is 2.00 bits per heavy atom. The molecular formula is C12H16Br2N2O2. The van der Waals surface area contributed by atoms with Crippen LogP contribution in [0, 0.1) is 0 Å². The van der Waals surface area contributed by atoms with Gasteiger partial charge in [-0.05, 0) is 50.4 Å². The lowest BCUT2D eigenvalue weighted by atomic mass is 10.3. The van der Waals surface area contributed by atoms with Gasteiger partial charge in [-0.3, -0.25) is 4.79 Å². The number of amides is 1. The monoisotopic (exact) mass is 378 g/mol. The molecule has 18 heavy (non-hydrogen) atoms. The van der Waals surface area contributed by atoms with Crippen molar-refractivity contribution in [1.82, 2.24) is 5.32 Å². The van der Waals surface area contributed by atoms with Crippen molar-refractivity contribution in [2.24, 2.45) is 0 Å². The molecule has 0 spiro atoms. The third-order valence-corrected chi connectivity index (χ3v) is 3.56. The zero-order valence-electron chi connectivity index (χ0n) is 10.1. The smallest absolute Gasteiger partial charge is 0.239 e. The van der Waals surface area contributed by atoms with Crippen LogP contribution in [0.4, 0.5) is 5.69 Å². The lowest BCUT2D eigenvalue weighted by molar-refractivity contribution is -0.119. The lowest BCUT2D eigenvalue weighted by Crippen LogP contribution is -2.31. The first kappa shape index (κ1) is 15.5. The number of methoxy groups -OCH3 is 1. The van der Waals surface area contributed by atoms with Gasteiger partial charge in [0.2, 0.25) is 5.91 Å². The van der Waals surface area contributed by atoms with Gasteiger partial charge >= 0.3 is 0 Å². The van der Waals surface area contributed by atoms with E-state index in [4.69, 9.17) is 4.74 Å². The van der Waals surface area contributed by atoms with E-state index in [2.05, 4.69) is 42.5 Å². The molecule has 1 amide bonds. The van der Waals surface area contributed by atoms with Crippen LogP contribution >= 0.6 is 31.9 Å². The minimum absolute atomic E-state index is 0.0336. The summed E-state index contributed by atoms with van der Waals surface area (Å²) in [7, 11) is 1.65. The second-order valence-electron chi connectivity index (χ2n) is 3.65. The van der Waals surface area contributed by atoms with Crippen molar-refractivity contribution in [3.63, 3.8) is 0 Å². The molecule has 0 atom stereocenters. The number of rotatable bonds is 7. The third kappa shape index (κ3) is 5.37. The molecule has 0 aromatic heterocycles. The Balaban J connectivity index is 2.34. The Hall–Kier alpha value is -0.590. The van der Waals surface area contributed by atoms with Crippen LogP contribution in [0.2, 0.25) is 0 Å². The molecule has 0 saturated carbocycles. The van der Waals surface area contributed by atoms with Crippen LogP contribution in [0.5, 0.6) is 0 Å². The first-order chi connectivity index (χ1) is 8.65. The third-order valence-electron chi connectivity index (χ3n) is 2.24. The fourth-order valence-corrected chi connectivity index (χ4v) is 2.62. The largest absolute Gasteiger partial charge is 0.385 e. The van der Waals surface area contributed by atoms with E-state index in [9.17, 15) is 4.79 Å². The number of para-hydroxylation sites is 1. The SMILES string of the molecule is COCCCNC(=O)CNc1c(Br)cccc1Br. The second-order valence-corrected chi connectivity index (χ2v) is 5.36. The molecule has 0 fully saturated rings. The number of anilines is 1. The maximum Gasteiger partial charge on any atom is 0.239 e. The molecule has 1 rings (SSSR count). The summed E-state index contributed by atoms with van der Waals surface area (Å²) >= 11 is 6.86. The van der Waals surface area contributed by atoms with E-state index in [1.54, 1.807) is 7.11 Å². The normalized spacial score (nSPS) is 10.2. The molecule has 0 aliphatic heterocycles. The zero-order valence-corrected chi connectivity index (χ0v) is 13.3. The average Bonchev–Trinajstić information content (AvgIpc) is 2.34. The molecule has 0 aliphatic carbocycles. The first-order valence-electron chi connectivity index (χ1n) is 5.58. The van der Waals surface area contributed by atoms with Gasteiger partial charge in [0.25, 0.3) is 0 Å². The Kier molecular flexibility index (Phi) is 7.31. The zero-order chi connectivity index (χ0) is 13.4. The van der Waals surface area contributed by atoms with E-state index in [-0.39, 0.29) is 12.5 Å². The van der Waals surface area contributed by atoms with Gasteiger partial charge in [0.1, 0.15) is 0 Å². The van der Waals surface area contributed by atoms with Crippen LogP contribution in [0.25, 0.3) is 0 Å². The van der Waals surface area contributed by atoms with E-state index < -0.39 is 0 Å². The molecule has 1 aromatic carbocycles. The highest BCUT2D eigenvalue weighted by atomic mass is 79.9. The molecule has 1 aromatic rings. The van der Waals surface area contributed by atoms with Crippen LogP contribution in [0.3, 0.4) is 0 Å². The van der Waals surface area contributed by atoms with Crippen LogP contribution in [-0.2, 0) is 9.53 Å². The van der Waals surface area contributed by atoms with E-state index in [1.807, 2.05) is 18.2 Å². The molecular weight excluding hydrogens is 364 g/mol. The summed E-state index contributed by atoms with van der Waals surface area (Å²) in [5.41, 5.74) is 0.879. The second kappa shape index (κ2) is 8.50. The molecule has 0 aliphatic rings. The summed E-state index contributed by atoms with van der Waals surface area (Å²) in [6.45, 7) is 1.53. The minimum Gasteiger partial charge on any atom is -0.385 e. The van der Waals surface area contributed by atoms with E-state index in [1.165, 1.54) is 0 Å². The molecule has 0 bridgehead atoms. The molecule has 4 nitrogen and oxygen atoms in total. The van der Waals surface area contributed by atoms with E-state index in [0.29, 0.717) is 13.2 Å². The van der Waals surface area contributed by atoms with Crippen LogP contribution in [0.1, 0.15) is 6.42 Å². The standard InChI is InChI=1S/C12H16Br2N2O2/c1-18-7-3-6-15-11(17)8-16-12-9(13)4-2-5-10(12)14/h2,4-5,16H,3,6-8H2,1H3,(H,15,17). The number of carbonyl (C=O) groups excluding carboxylic acids is 1. The van der Waals surface area contributed by atoms with Gasteiger partial charge < -0.3 is 15.4 Å². The molecule has 0 radical (unpaired) electrons. The van der Waals surface area contributed by atoms with Crippen molar-refractivity contribution in [3.05, 3.63) is 27.1 Å². The van der Waals surface area contributed by atoms with Crippen molar-refractivity contribution < 1.29 is 9.53 Å². The molecule has 0 unspecified atom stereocenters. The van der Waals surface area contributed by atoms with Crippen molar-refractivity contribution in [3.8, 4) is 0 Å². The summed E-state index contributed by atoms with van der Waals surface area (Å²) in [6, 6.07) is 5.76. The molecule has 100 valence electrons. The predicted octanol–water partition coefficient (Wildman–Crippen LogP) is 2.78. The Bertz CT molecular complexity index is 379. The van der Waals surface area contributed by atoms with Gasteiger partial charge in [-0.15, -0.1) is 0 Å². The number of hydrogen-bond acceptors (Lipinski definition) is 3. The van der Waals surface area contributed by atoms with Gasteiger partial charge in [0, 0.05) is 29.2 Å². The lowest BCUT2D eigenvalue weighted by Gasteiger charge is -2.10. The molecule has 0 saturated heterocycles. The highest BCUT2D eigenvalue weighted by molar-refractivity contribution is 9.11. The Morgan fingerprint density at radius 1 is 1.33 bits per heavy atom. The maximum atomic E-state index is 11.6. The number of nitrogens with one attached hydrogen (secondary N) is 2.